The highest BCUT2D eigenvalue weighted by Gasteiger charge is 2.43. The number of carbonyl (C=O) groups is 1. The number of hydrogen-bond acceptors (Lipinski definition) is 2. The third-order valence-corrected chi connectivity index (χ3v) is 3.26. The molecule has 2 rings (SSSR count). The summed E-state index contributed by atoms with van der Waals surface area (Å²) >= 11 is 0. The van der Waals surface area contributed by atoms with Crippen LogP contribution in [0.5, 0.6) is 0 Å². The van der Waals surface area contributed by atoms with Crippen LogP contribution in [0, 0.1) is 0 Å². The van der Waals surface area contributed by atoms with Gasteiger partial charge in [0, 0.05) is 13.5 Å². The van der Waals surface area contributed by atoms with Crippen LogP contribution in [0.25, 0.3) is 0 Å². The van der Waals surface area contributed by atoms with Crippen LogP contribution in [0.1, 0.15) is 24.8 Å². The van der Waals surface area contributed by atoms with Crippen molar-refractivity contribution in [2.45, 2.75) is 24.7 Å². The van der Waals surface area contributed by atoms with Crippen molar-refractivity contribution in [2.75, 3.05) is 13.7 Å². The van der Waals surface area contributed by atoms with E-state index in [1.165, 1.54) is 0 Å². The Morgan fingerprint density at radius 1 is 1.33 bits per heavy atom. The van der Waals surface area contributed by atoms with Gasteiger partial charge in [-0.1, -0.05) is 30.3 Å². The summed E-state index contributed by atoms with van der Waals surface area (Å²) in [5.41, 5.74) is 0.741. The van der Waals surface area contributed by atoms with E-state index in [0.29, 0.717) is 18.8 Å². The summed E-state index contributed by atoms with van der Waals surface area (Å²) in [6.07, 6.45) is 2.60. The maximum Gasteiger partial charge on any atom is 0.145 e. The van der Waals surface area contributed by atoms with Crippen molar-refractivity contribution in [3.05, 3.63) is 35.9 Å². The van der Waals surface area contributed by atoms with Gasteiger partial charge in [0.25, 0.3) is 0 Å². The second-order valence-corrected chi connectivity index (χ2v) is 4.16. The van der Waals surface area contributed by atoms with E-state index >= 15 is 0 Å². The van der Waals surface area contributed by atoms with Gasteiger partial charge < -0.3 is 4.74 Å². The number of methoxy groups -OCH3 is 1. The number of ether oxygens (including phenoxy) is 1. The Bertz CT molecular complexity index is 345. The maximum atomic E-state index is 12.0. The summed E-state index contributed by atoms with van der Waals surface area (Å²) in [4.78, 5) is 12.0. The molecular weight excluding hydrogens is 188 g/mol. The fourth-order valence-electron chi connectivity index (χ4n) is 2.47. The lowest BCUT2D eigenvalue weighted by molar-refractivity contribution is -0.123. The zero-order valence-electron chi connectivity index (χ0n) is 9.03. The number of hydrogen-bond donors (Lipinski definition) is 0. The van der Waals surface area contributed by atoms with Crippen LogP contribution in [0.2, 0.25) is 0 Å². The standard InChI is InChI=1S/C13H16O2/c1-15-10-13(9-5-8-12(13)14)11-6-3-2-4-7-11/h2-4,6-7H,5,8-10H2,1H3/t13-/m0/s1. The second-order valence-electron chi connectivity index (χ2n) is 4.16. The molecule has 0 aliphatic heterocycles. The highest BCUT2D eigenvalue weighted by molar-refractivity contribution is 5.92. The zero-order chi connectivity index (χ0) is 10.7. The van der Waals surface area contributed by atoms with Gasteiger partial charge >= 0.3 is 0 Å². The molecule has 0 saturated heterocycles. The lowest BCUT2D eigenvalue weighted by Gasteiger charge is -2.26. The summed E-state index contributed by atoms with van der Waals surface area (Å²) < 4.78 is 5.23. The predicted molar refractivity (Wildman–Crippen MR) is 58.9 cm³/mol. The van der Waals surface area contributed by atoms with Crippen LogP contribution in [-0.4, -0.2) is 19.5 Å². The lowest BCUT2D eigenvalue weighted by atomic mass is 9.79. The maximum absolute atomic E-state index is 12.0. The molecule has 0 bridgehead atoms. The van der Waals surface area contributed by atoms with Crippen LogP contribution in [0.3, 0.4) is 0 Å². The third kappa shape index (κ3) is 1.70. The minimum atomic E-state index is -0.365. The molecule has 1 saturated carbocycles. The van der Waals surface area contributed by atoms with Crippen LogP contribution in [-0.2, 0) is 14.9 Å². The molecule has 0 unspecified atom stereocenters. The molecule has 1 aromatic carbocycles. The minimum Gasteiger partial charge on any atom is -0.383 e. The third-order valence-electron chi connectivity index (χ3n) is 3.26. The van der Waals surface area contributed by atoms with Crippen molar-refractivity contribution in [3.63, 3.8) is 0 Å². The Balaban J connectivity index is 2.39. The van der Waals surface area contributed by atoms with Crippen molar-refractivity contribution >= 4 is 5.78 Å². The first kappa shape index (κ1) is 10.4. The van der Waals surface area contributed by atoms with E-state index in [9.17, 15) is 4.79 Å². The van der Waals surface area contributed by atoms with Crippen LogP contribution >= 0.6 is 0 Å². The predicted octanol–water partition coefficient (Wildman–Crippen LogP) is 2.32. The molecule has 1 aliphatic rings. The fraction of sp³-hybridized carbons (Fsp3) is 0.462. The van der Waals surface area contributed by atoms with Crippen molar-refractivity contribution in [1.29, 1.82) is 0 Å². The van der Waals surface area contributed by atoms with Gasteiger partial charge in [-0.15, -0.1) is 0 Å². The number of benzene rings is 1. The molecule has 1 atom stereocenters. The molecule has 0 radical (unpaired) electrons. The Morgan fingerprint density at radius 3 is 2.60 bits per heavy atom. The van der Waals surface area contributed by atoms with Crippen molar-refractivity contribution < 1.29 is 9.53 Å². The van der Waals surface area contributed by atoms with E-state index in [4.69, 9.17) is 4.74 Å². The number of carbonyl (C=O) groups excluding carboxylic acids is 1. The molecule has 0 spiro atoms. The molecule has 2 nitrogen and oxygen atoms in total. The first-order chi connectivity index (χ1) is 7.29. The molecule has 0 N–H and O–H groups in total. The van der Waals surface area contributed by atoms with E-state index in [2.05, 4.69) is 0 Å². The molecule has 2 heteroatoms. The van der Waals surface area contributed by atoms with Gasteiger partial charge in [0.15, 0.2) is 0 Å². The quantitative estimate of drug-likeness (QED) is 0.755. The molecule has 0 aromatic heterocycles. The Kier molecular flexibility index (Phi) is 2.87. The average Bonchev–Trinajstić information content (AvgIpc) is 2.63. The van der Waals surface area contributed by atoms with Gasteiger partial charge in [0.05, 0.1) is 12.0 Å². The summed E-state index contributed by atoms with van der Waals surface area (Å²) in [5.74, 6) is 0.329. The highest BCUT2D eigenvalue weighted by atomic mass is 16.5. The largest absolute Gasteiger partial charge is 0.383 e. The number of rotatable bonds is 3. The smallest absolute Gasteiger partial charge is 0.145 e. The van der Waals surface area contributed by atoms with E-state index in [1.54, 1.807) is 7.11 Å². The molecule has 1 aliphatic carbocycles. The number of Topliss-reactive ketones (excluding diaryl/α,β-unsaturated/α-hetero) is 1. The summed E-state index contributed by atoms with van der Waals surface area (Å²) in [6, 6.07) is 10.0. The summed E-state index contributed by atoms with van der Waals surface area (Å²) in [7, 11) is 1.66. The summed E-state index contributed by atoms with van der Waals surface area (Å²) in [6.45, 7) is 0.510. The molecule has 15 heavy (non-hydrogen) atoms. The van der Waals surface area contributed by atoms with Crippen molar-refractivity contribution in [2.24, 2.45) is 0 Å². The lowest BCUT2D eigenvalue weighted by Crippen LogP contribution is -2.35. The van der Waals surface area contributed by atoms with E-state index in [1.807, 2.05) is 30.3 Å². The van der Waals surface area contributed by atoms with Crippen molar-refractivity contribution in [1.82, 2.24) is 0 Å². The number of ketones is 1. The molecular formula is C13H16O2. The van der Waals surface area contributed by atoms with Crippen LogP contribution in [0.15, 0.2) is 30.3 Å². The molecule has 0 amide bonds. The Labute approximate surface area is 90.3 Å². The van der Waals surface area contributed by atoms with Gasteiger partial charge in [0.2, 0.25) is 0 Å². The normalized spacial score (nSPS) is 25.8. The first-order valence-corrected chi connectivity index (χ1v) is 5.37. The Hall–Kier alpha value is -1.15. The second kappa shape index (κ2) is 4.15. The van der Waals surface area contributed by atoms with Gasteiger partial charge in [0.1, 0.15) is 5.78 Å². The van der Waals surface area contributed by atoms with Crippen LogP contribution in [0.4, 0.5) is 0 Å². The van der Waals surface area contributed by atoms with E-state index in [0.717, 1.165) is 18.4 Å². The van der Waals surface area contributed by atoms with Crippen molar-refractivity contribution in [3.8, 4) is 0 Å². The van der Waals surface area contributed by atoms with E-state index in [-0.39, 0.29) is 5.41 Å². The molecule has 80 valence electrons. The molecule has 1 aromatic rings. The first-order valence-electron chi connectivity index (χ1n) is 5.37. The summed E-state index contributed by atoms with van der Waals surface area (Å²) in [5, 5.41) is 0. The fourth-order valence-corrected chi connectivity index (χ4v) is 2.47. The SMILES string of the molecule is COC[C@]1(c2ccccc2)CCCC1=O. The van der Waals surface area contributed by atoms with Gasteiger partial charge in [-0.2, -0.15) is 0 Å². The minimum absolute atomic E-state index is 0.329. The van der Waals surface area contributed by atoms with Gasteiger partial charge in [-0.25, -0.2) is 0 Å². The zero-order valence-corrected chi connectivity index (χ0v) is 9.03. The highest BCUT2D eigenvalue weighted by Crippen LogP contribution is 2.38. The van der Waals surface area contributed by atoms with Gasteiger partial charge in [-0.3, -0.25) is 4.79 Å². The van der Waals surface area contributed by atoms with Gasteiger partial charge in [-0.05, 0) is 18.4 Å². The molecule has 0 heterocycles. The van der Waals surface area contributed by atoms with Crippen LogP contribution < -0.4 is 0 Å². The molecule has 1 fully saturated rings. The average molecular weight is 204 g/mol. The monoisotopic (exact) mass is 204 g/mol. The Morgan fingerprint density at radius 2 is 2.07 bits per heavy atom. The van der Waals surface area contributed by atoms with E-state index < -0.39 is 0 Å². The topological polar surface area (TPSA) is 26.3 Å².